The molecule has 1 amide bonds. The molecule has 0 bridgehead atoms. The lowest BCUT2D eigenvalue weighted by atomic mass is 10.1. The molecule has 1 fully saturated rings. The topological polar surface area (TPSA) is 75.1 Å². The zero-order chi connectivity index (χ0) is 15.6. The van der Waals surface area contributed by atoms with E-state index in [9.17, 15) is 4.79 Å². The molecule has 118 valence electrons. The third-order valence-electron chi connectivity index (χ3n) is 4.20. The number of aromatic nitrogens is 3. The molecule has 1 aliphatic rings. The van der Waals surface area contributed by atoms with Crippen LogP contribution >= 0.6 is 11.3 Å². The summed E-state index contributed by atoms with van der Waals surface area (Å²) in [4.78, 5) is 25.0. The Bertz CT molecular complexity index is 900. The molecule has 3 aromatic rings. The number of hydrogen-bond acceptors (Lipinski definition) is 4. The minimum atomic E-state index is -0.227. The van der Waals surface area contributed by atoms with E-state index >= 15 is 0 Å². The zero-order valence-electron chi connectivity index (χ0n) is 12.5. The lowest BCUT2D eigenvalue weighted by molar-refractivity contribution is 0.0999. The Morgan fingerprint density at radius 3 is 3.13 bits per heavy atom. The third-order valence-corrected chi connectivity index (χ3v) is 4.97. The maximum absolute atomic E-state index is 12.6. The summed E-state index contributed by atoms with van der Waals surface area (Å²) in [5.41, 5.74) is 1.28. The Morgan fingerprint density at radius 2 is 2.26 bits per heavy atom. The number of nitrogens with one attached hydrogen (secondary N) is 2. The molecule has 4 rings (SSSR count). The molecule has 0 radical (unpaired) electrons. The van der Waals surface area contributed by atoms with Crippen LogP contribution in [0, 0.1) is 0 Å². The Kier molecular flexibility index (Phi) is 3.80. The number of carbonyl (C=O) groups excluding carboxylic acids is 1. The van der Waals surface area contributed by atoms with Crippen LogP contribution < -0.4 is 10.1 Å². The van der Waals surface area contributed by atoms with Crippen molar-refractivity contribution in [2.24, 2.45) is 4.99 Å². The molecule has 2 N–H and O–H groups in total. The maximum Gasteiger partial charge on any atom is 0.281 e. The van der Waals surface area contributed by atoms with Crippen LogP contribution in [0.4, 0.5) is 0 Å². The van der Waals surface area contributed by atoms with Crippen LogP contribution in [-0.2, 0) is 0 Å². The summed E-state index contributed by atoms with van der Waals surface area (Å²) >= 11 is 1.50. The normalized spacial score (nSPS) is 17.0. The second-order valence-corrected chi connectivity index (χ2v) is 6.47. The van der Waals surface area contributed by atoms with Crippen molar-refractivity contribution in [1.82, 2.24) is 19.9 Å². The second-order valence-electron chi connectivity index (χ2n) is 5.59. The standard InChI is InChI=1S/C16H17N5OS/c22-15(13-10-19-14-12(13)2-1-5-18-14)20-16-21(8-9-23-16)11-3-6-17-7-4-11/h1-2,5,8-11,17H,3-4,6-7H2,(H,18,19). The molecular weight excluding hydrogens is 310 g/mol. The second kappa shape index (κ2) is 6.10. The smallest absolute Gasteiger partial charge is 0.281 e. The molecule has 3 aromatic heterocycles. The summed E-state index contributed by atoms with van der Waals surface area (Å²) in [5, 5.41) is 6.16. The predicted molar refractivity (Wildman–Crippen MR) is 89.4 cm³/mol. The van der Waals surface area contributed by atoms with Gasteiger partial charge < -0.3 is 14.9 Å². The summed E-state index contributed by atoms with van der Waals surface area (Å²) in [7, 11) is 0. The van der Waals surface area contributed by atoms with Crippen LogP contribution in [0.5, 0.6) is 0 Å². The number of fused-ring (bicyclic) bond motifs is 1. The van der Waals surface area contributed by atoms with E-state index in [2.05, 4.69) is 24.8 Å². The lowest BCUT2D eigenvalue weighted by Crippen LogP contribution is -2.32. The van der Waals surface area contributed by atoms with Crippen molar-refractivity contribution in [3.05, 3.63) is 46.5 Å². The van der Waals surface area contributed by atoms with E-state index in [1.54, 1.807) is 12.4 Å². The fraction of sp³-hybridized carbons (Fsp3) is 0.312. The van der Waals surface area contributed by atoms with E-state index in [1.807, 2.05) is 23.7 Å². The summed E-state index contributed by atoms with van der Waals surface area (Å²) in [6, 6.07) is 4.13. The van der Waals surface area contributed by atoms with Gasteiger partial charge >= 0.3 is 0 Å². The molecule has 0 aromatic carbocycles. The van der Waals surface area contributed by atoms with Gasteiger partial charge in [-0.05, 0) is 38.1 Å². The van der Waals surface area contributed by atoms with Gasteiger partial charge in [-0.15, -0.1) is 11.3 Å². The van der Waals surface area contributed by atoms with Gasteiger partial charge in [0, 0.05) is 35.4 Å². The van der Waals surface area contributed by atoms with Gasteiger partial charge in [-0.1, -0.05) is 0 Å². The average molecular weight is 327 g/mol. The van der Waals surface area contributed by atoms with Gasteiger partial charge in [-0.25, -0.2) is 4.98 Å². The van der Waals surface area contributed by atoms with Crippen LogP contribution in [0.3, 0.4) is 0 Å². The molecule has 23 heavy (non-hydrogen) atoms. The number of pyridine rings is 1. The van der Waals surface area contributed by atoms with Crippen molar-refractivity contribution in [2.45, 2.75) is 18.9 Å². The van der Waals surface area contributed by atoms with Gasteiger partial charge in [0.05, 0.1) is 5.56 Å². The molecule has 1 aliphatic heterocycles. The predicted octanol–water partition coefficient (Wildman–Crippen LogP) is 2.09. The van der Waals surface area contributed by atoms with Gasteiger partial charge in [0.25, 0.3) is 5.91 Å². The number of amides is 1. The third kappa shape index (κ3) is 2.73. The number of carbonyl (C=O) groups is 1. The van der Waals surface area contributed by atoms with Crippen LogP contribution in [0.2, 0.25) is 0 Å². The molecule has 0 unspecified atom stereocenters. The van der Waals surface area contributed by atoms with E-state index in [1.165, 1.54) is 11.3 Å². The molecular formula is C16H17N5OS. The fourth-order valence-electron chi connectivity index (χ4n) is 3.01. The number of thiazole rings is 1. The van der Waals surface area contributed by atoms with E-state index in [4.69, 9.17) is 0 Å². The molecule has 7 heteroatoms. The monoisotopic (exact) mass is 327 g/mol. The van der Waals surface area contributed by atoms with Crippen molar-refractivity contribution >= 4 is 28.3 Å². The number of aromatic amines is 1. The van der Waals surface area contributed by atoms with Crippen molar-refractivity contribution in [2.75, 3.05) is 13.1 Å². The largest absolute Gasteiger partial charge is 0.345 e. The van der Waals surface area contributed by atoms with Crippen LogP contribution in [0.1, 0.15) is 29.2 Å². The Morgan fingerprint density at radius 1 is 1.39 bits per heavy atom. The molecule has 0 saturated carbocycles. The first-order chi connectivity index (χ1) is 11.3. The number of rotatable bonds is 2. The van der Waals surface area contributed by atoms with Crippen molar-refractivity contribution in [3.63, 3.8) is 0 Å². The molecule has 0 aliphatic carbocycles. The Hall–Kier alpha value is -2.25. The number of hydrogen-bond donors (Lipinski definition) is 2. The summed E-state index contributed by atoms with van der Waals surface area (Å²) < 4.78 is 2.14. The van der Waals surface area contributed by atoms with Crippen molar-refractivity contribution in [1.29, 1.82) is 0 Å². The fourth-order valence-corrected chi connectivity index (χ4v) is 3.79. The van der Waals surface area contributed by atoms with Gasteiger partial charge in [-0.3, -0.25) is 4.79 Å². The van der Waals surface area contributed by atoms with Crippen LogP contribution in [-0.4, -0.2) is 33.5 Å². The Labute approximate surface area is 136 Å². The van der Waals surface area contributed by atoms with Crippen LogP contribution in [0.15, 0.2) is 41.1 Å². The molecule has 6 nitrogen and oxygen atoms in total. The van der Waals surface area contributed by atoms with E-state index in [0.29, 0.717) is 17.3 Å². The van der Waals surface area contributed by atoms with E-state index < -0.39 is 0 Å². The van der Waals surface area contributed by atoms with E-state index in [0.717, 1.165) is 36.1 Å². The quantitative estimate of drug-likeness (QED) is 0.757. The SMILES string of the molecule is O=C(N=c1sccn1C1CCNCC1)c1c[nH]c2ncccc12. The molecule has 0 atom stereocenters. The van der Waals surface area contributed by atoms with Gasteiger partial charge in [-0.2, -0.15) is 4.99 Å². The lowest BCUT2D eigenvalue weighted by Gasteiger charge is -2.23. The highest BCUT2D eigenvalue weighted by molar-refractivity contribution is 7.07. The first-order valence-electron chi connectivity index (χ1n) is 7.70. The van der Waals surface area contributed by atoms with Gasteiger partial charge in [0.2, 0.25) is 0 Å². The first kappa shape index (κ1) is 14.3. The first-order valence-corrected chi connectivity index (χ1v) is 8.58. The minimum Gasteiger partial charge on any atom is -0.345 e. The van der Waals surface area contributed by atoms with Gasteiger partial charge in [0.1, 0.15) is 5.65 Å². The van der Waals surface area contributed by atoms with Crippen molar-refractivity contribution in [3.8, 4) is 0 Å². The molecule has 1 saturated heterocycles. The maximum atomic E-state index is 12.6. The number of piperidine rings is 1. The minimum absolute atomic E-state index is 0.227. The molecule has 0 spiro atoms. The highest BCUT2D eigenvalue weighted by atomic mass is 32.1. The summed E-state index contributed by atoms with van der Waals surface area (Å²) in [6.07, 6.45) is 7.55. The van der Waals surface area contributed by atoms with Crippen LogP contribution in [0.25, 0.3) is 11.0 Å². The van der Waals surface area contributed by atoms with Crippen molar-refractivity contribution < 1.29 is 4.79 Å². The van der Waals surface area contributed by atoms with Gasteiger partial charge in [0.15, 0.2) is 4.80 Å². The van der Waals surface area contributed by atoms with E-state index in [-0.39, 0.29) is 5.91 Å². The highest BCUT2D eigenvalue weighted by Crippen LogP contribution is 2.18. The zero-order valence-corrected chi connectivity index (χ0v) is 13.3. The summed E-state index contributed by atoms with van der Waals surface area (Å²) in [6.45, 7) is 2.02. The number of H-pyrrole nitrogens is 1. The highest BCUT2D eigenvalue weighted by Gasteiger charge is 2.17. The number of nitrogens with zero attached hydrogens (tertiary/aromatic N) is 3. The summed E-state index contributed by atoms with van der Waals surface area (Å²) in [5.74, 6) is -0.227. The average Bonchev–Trinajstić information content (AvgIpc) is 3.22. The Balaban J connectivity index is 1.70. The molecule has 4 heterocycles.